The summed E-state index contributed by atoms with van der Waals surface area (Å²) >= 11 is 0. The van der Waals surface area contributed by atoms with Crippen LogP contribution in [-0.4, -0.2) is 57.4 Å². The van der Waals surface area contributed by atoms with E-state index in [0.717, 1.165) is 49.9 Å². The molecule has 0 radical (unpaired) electrons. The quantitative estimate of drug-likeness (QED) is 0.864. The van der Waals surface area contributed by atoms with Crippen LogP contribution in [0.25, 0.3) is 5.65 Å². The lowest BCUT2D eigenvalue weighted by Crippen LogP contribution is -2.47. The number of nitrogens with zero attached hydrogens (tertiary/aromatic N) is 6. The first-order chi connectivity index (χ1) is 11.3. The zero-order valence-corrected chi connectivity index (χ0v) is 14.0. The van der Waals surface area contributed by atoms with E-state index in [2.05, 4.69) is 38.1 Å². The smallest absolute Gasteiger partial charge is 0.200 e. The molecule has 1 saturated heterocycles. The van der Waals surface area contributed by atoms with Gasteiger partial charge in [0.15, 0.2) is 0 Å². The van der Waals surface area contributed by atoms with E-state index in [1.165, 1.54) is 37.9 Å². The number of fused-ring (bicyclic) bond motifs is 1. The molecule has 0 aromatic carbocycles. The number of piperazine rings is 1. The van der Waals surface area contributed by atoms with Gasteiger partial charge in [0.1, 0.15) is 6.33 Å². The van der Waals surface area contributed by atoms with E-state index in [-0.39, 0.29) is 0 Å². The maximum atomic E-state index is 4.55. The summed E-state index contributed by atoms with van der Waals surface area (Å²) in [6.45, 7) is 7.89. The normalized spacial score (nSPS) is 20.7. The van der Waals surface area contributed by atoms with Crippen LogP contribution in [0.4, 0.5) is 5.69 Å². The minimum atomic E-state index is 0.881. The predicted molar refractivity (Wildman–Crippen MR) is 90.8 cm³/mol. The number of aryl methyl sites for hydroxylation is 1. The Morgan fingerprint density at radius 3 is 2.65 bits per heavy atom. The van der Waals surface area contributed by atoms with Gasteiger partial charge in [0.25, 0.3) is 0 Å². The zero-order valence-electron chi connectivity index (χ0n) is 14.0. The van der Waals surface area contributed by atoms with Gasteiger partial charge in [-0.15, -0.1) is 10.2 Å². The van der Waals surface area contributed by atoms with Gasteiger partial charge in [0, 0.05) is 32.7 Å². The largest absolute Gasteiger partial charge is 0.366 e. The molecule has 2 aromatic heterocycles. The van der Waals surface area contributed by atoms with Gasteiger partial charge < -0.3 is 4.90 Å². The molecule has 6 nitrogen and oxygen atoms in total. The fourth-order valence-electron chi connectivity index (χ4n) is 4.00. The molecule has 0 bridgehead atoms. The van der Waals surface area contributed by atoms with Crippen molar-refractivity contribution in [2.24, 2.45) is 5.92 Å². The van der Waals surface area contributed by atoms with Crippen molar-refractivity contribution in [3.05, 3.63) is 18.1 Å². The fraction of sp³-hybridized carbons (Fsp3) is 0.706. The van der Waals surface area contributed by atoms with Gasteiger partial charge in [0.05, 0.1) is 11.4 Å². The molecule has 1 aliphatic heterocycles. The number of hydrogen-bond acceptors (Lipinski definition) is 5. The first-order valence-corrected chi connectivity index (χ1v) is 9.00. The molecule has 124 valence electrons. The Morgan fingerprint density at radius 2 is 1.91 bits per heavy atom. The highest BCUT2D eigenvalue weighted by molar-refractivity contribution is 5.68. The molecule has 4 rings (SSSR count). The van der Waals surface area contributed by atoms with Gasteiger partial charge in [-0.05, 0) is 31.2 Å². The molecule has 6 heteroatoms. The Labute approximate surface area is 137 Å². The van der Waals surface area contributed by atoms with Crippen molar-refractivity contribution < 1.29 is 0 Å². The topological polar surface area (TPSA) is 49.6 Å². The highest BCUT2D eigenvalue weighted by Crippen LogP contribution is 2.27. The maximum Gasteiger partial charge on any atom is 0.200 e. The van der Waals surface area contributed by atoms with Crippen molar-refractivity contribution in [1.29, 1.82) is 0 Å². The van der Waals surface area contributed by atoms with Crippen molar-refractivity contribution in [3.63, 3.8) is 0 Å². The molecule has 0 N–H and O–H groups in total. The van der Waals surface area contributed by atoms with Crippen LogP contribution in [0.15, 0.2) is 12.4 Å². The zero-order chi connectivity index (χ0) is 15.6. The molecule has 23 heavy (non-hydrogen) atoms. The van der Waals surface area contributed by atoms with Gasteiger partial charge in [-0.2, -0.15) is 9.61 Å². The SMILES string of the molecule is CCc1cc(N2CCN(CC3CCCC3)CC2)c2nncn2n1. The Hall–Kier alpha value is -1.69. The standard InChI is InChI=1S/C17H26N6/c1-2-15-11-16(17-19-18-13-23(17)20-15)22-9-7-21(8-10-22)12-14-5-3-4-6-14/h11,13-14H,2-10,12H2,1H3. The summed E-state index contributed by atoms with van der Waals surface area (Å²) < 4.78 is 1.82. The maximum absolute atomic E-state index is 4.55. The third-order valence-corrected chi connectivity index (χ3v) is 5.37. The third kappa shape index (κ3) is 3.04. The van der Waals surface area contributed by atoms with Gasteiger partial charge in [-0.25, -0.2) is 0 Å². The summed E-state index contributed by atoms with van der Waals surface area (Å²) in [7, 11) is 0. The molecular formula is C17H26N6. The van der Waals surface area contributed by atoms with Crippen molar-refractivity contribution in [2.45, 2.75) is 39.0 Å². The lowest BCUT2D eigenvalue weighted by molar-refractivity contribution is 0.220. The second kappa shape index (κ2) is 6.43. The van der Waals surface area contributed by atoms with Crippen LogP contribution in [0.3, 0.4) is 0 Å². The Balaban J connectivity index is 1.46. The molecule has 0 unspecified atom stereocenters. The molecule has 1 aliphatic carbocycles. The van der Waals surface area contributed by atoms with Crippen LogP contribution in [0.5, 0.6) is 0 Å². The van der Waals surface area contributed by atoms with Crippen LogP contribution in [0, 0.1) is 5.92 Å². The van der Waals surface area contributed by atoms with Crippen LogP contribution < -0.4 is 4.90 Å². The summed E-state index contributed by atoms with van der Waals surface area (Å²) in [5.41, 5.74) is 3.17. The summed E-state index contributed by atoms with van der Waals surface area (Å²) in [5.74, 6) is 0.942. The molecular weight excluding hydrogens is 288 g/mol. The van der Waals surface area contributed by atoms with E-state index in [1.807, 2.05) is 4.52 Å². The summed E-state index contributed by atoms with van der Waals surface area (Å²) in [6.07, 6.45) is 8.38. The van der Waals surface area contributed by atoms with Gasteiger partial charge in [-0.1, -0.05) is 19.8 Å². The number of hydrogen-bond donors (Lipinski definition) is 0. The molecule has 0 amide bonds. The first-order valence-electron chi connectivity index (χ1n) is 9.00. The lowest BCUT2D eigenvalue weighted by Gasteiger charge is -2.37. The highest BCUT2D eigenvalue weighted by Gasteiger charge is 2.24. The van der Waals surface area contributed by atoms with Crippen molar-refractivity contribution >= 4 is 11.3 Å². The number of rotatable bonds is 4. The third-order valence-electron chi connectivity index (χ3n) is 5.37. The van der Waals surface area contributed by atoms with Crippen LogP contribution in [-0.2, 0) is 6.42 Å². The molecule has 2 aliphatic rings. The van der Waals surface area contributed by atoms with Crippen molar-refractivity contribution in [3.8, 4) is 0 Å². The van der Waals surface area contributed by atoms with E-state index >= 15 is 0 Å². The minimum absolute atomic E-state index is 0.881. The van der Waals surface area contributed by atoms with Gasteiger partial charge >= 0.3 is 0 Å². The highest BCUT2D eigenvalue weighted by atomic mass is 15.4. The number of anilines is 1. The van der Waals surface area contributed by atoms with E-state index in [1.54, 1.807) is 6.33 Å². The Kier molecular flexibility index (Phi) is 4.16. The van der Waals surface area contributed by atoms with E-state index in [9.17, 15) is 0 Å². The molecule has 1 saturated carbocycles. The lowest BCUT2D eigenvalue weighted by atomic mass is 10.1. The number of aromatic nitrogens is 4. The second-order valence-corrected chi connectivity index (χ2v) is 6.91. The molecule has 2 aromatic rings. The summed E-state index contributed by atoms with van der Waals surface area (Å²) in [6, 6.07) is 2.19. The van der Waals surface area contributed by atoms with E-state index < -0.39 is 0 Å². The van der Waals surface area contributed by atoms with E-state index in [0.29, 0.717) is 0 Å². The van der Waals surface area contributed by atoms with Crippen molar-refractivity contribution in [1.82, 2.24) is 24.7 Å². The summed E-state index contributed by atoms with van der Waals surface area (Å²) in [4.78, 5) is 5.10. The van der Waals surface area contributed by atoms with Gasteiger partial charge in [0.2, 0.25) is 5.65 Å². The Bertz CT molecular complexity index is 652. The average molecular weight is 314 g/mol. The first kappa shape index (κ1) is 14.9. The molecule has 0 atom stereocenters. The molecule has 3 heterocycles. The fourth-order valence-corrected chi connectivity index (χ4v) is 4.00. The van der Waals surface area contributed by atoms with Crippen LogP contribution >= 0.6 is 0 Å². The molecule has 0 spiro atoms. The van der Waals surface area contributed by atoms with E-state index in [4.69, 9.17) is 0 Å². The van der Waals surface area contributed by atoms with Crippen LogP contribution in [0.2, 0.25) is 0 Å². The van der Waals surface area contributed by atoms with Crippen molar-refractivity contribution in [2.75, 3.05) is 37.6 Å². The second-order valence-electron chi connectivity index (χ2n) is 6.91. The average Bonchev–Trinajstić information content (AvgIpc) is 3.26. The predicted octanol–water partition coefficient (Wildman–Crippen LogP) is 2.00. The monoisotopic (exact) mass is 314 g/mol. The Morgan fingerprint density at radius 1 is 1.13 bits per heavy atom. The molecule has 2 fully saturated rings. The van der Waals surface area contributed by atoms with Crippen LogP contribution in [0.1, 0.15) is 38.3 Å². The summed E-state index contributed by atoms with van der Waals surface area (Å²) in [5, 5.41) is 12.8. The minimum Gasteiger partial charge on any atom is -0.366 e. The van der Waals surface area contributed by atoms with Gasteiger partial charge in [-0.3, -0.25) is 4.90 Å².